The Morgan fingerprint density at radius 3 is 2.48 bits per heavy atom. The summed E-state index contributed by atoms with van der Waals surface area (Å²) in [5.74, 6) is -0.392. The van der Waals surface area contributed by atoms with Crippen molar-refractivity contribution in [1.29, 1.82) is 0 Å². The topological polar surface area (TPSA) is 86.8 Å². The van der Waals surface area contributed by atoms with Gasteiger partial charge in [0.05, 0.1) is 11.5 Å². The number of nitrogens with zero attached hydrogens (tertiary/aromatic N) is 2. The molecule has 2 rings (SSSR count). The van der Waals surface area contributed by atoms with E-state index in [4.69, 9.17) is 0 Å². The molecule has 0 saturated carbocycles. The highest BCUT2D eigenvalue weighted by Gasteiger charge is 2.33. The molecule has 8 heteroatoms. The number of amides is 2. The second-order valence-corrected chi connectivity index (χ2v) is 8.84. The molecule has 1 aromatic rings. The summed E-state index contributed by atoms with van der Waals surface area (Å²) in [5, 5.41) is 2.81. The van der Waals surface area contributed by atoms with Gasteiger partial charge in [0, 0.05) is 37.3 Å². The summed E-state index contributed by atoms with van der Waals surface area (Å²) in [6.45, 7) is 1.24. The molecule has 1 atom stereocenters. The number of carbonyl (C=O) groups is 2. The highest BCUT2D eigenvalue weighted by atomic mass is 32.2. The van der Waals surface area contributed by atoms with Gasteiger partial charge in [0.25, 0.3) is 11.8 Å². The summed E-state index contributed by atoms with van der Waals surface area (Å²) in [5.41, 5.74) is 0.795. The van der Waals surface area contributed by atoms with Crippen molar-refractivity contribution in [2.75, 3.05) is 45.7 Å². The van der Waals surface area contributed by atoms with Crippen LogP contribution in [-0.2, 0) is 9.84 Å². The maximum absolute atomic E-state index is 12.6. The molecule has 1 aliphatic heterocycles. The summed E-state index contributed by atoms with van der Waals surface area (Å²) < 4.78 is 23.2. The van der Waals surface area contributed by atoms with Gasteiger partial charge in [0.2, 0.25) is 0 Å². The van der Waals surface area contributed by atoms with Crippen LogP contribution >= 0.6 is 0 Å². The molecular weight excluding hydrogens is 342 g/mol. The van der Waals surface area contributed by atoms with Gasteiger partial charge < -0.3 is 15.1 Å². The largest absolute Gasteiger partial charge is 0.351 e. The van der Waals surface area contributed by atoms with Crippen molar-refractivity contribution in [3.63, 3.8) is 0 Å². The van der Waals surface area contributed by atoms with E-state index in [1.54, 1.807) is 31.3 Å². The summed E-state index contributed by atoms with van der Waals surface area (Å²) >= 11 is 0. The average molecular weight is 367 g/mol. The Balaban J connectivity index is 2.04. The fraction of sp³-hybridized carbons (Fsp3) is 0.529. The van der Waals surface area contributed by atoms with Crippen molar-refractivity contribution in [3.05, 3.63) is 35.4 Å². The molecule has 1 aliphatic rings. The molecular formula is C17H25N3O4S. The first kappa shape index (κ1) is 19.4. The molecule has 0 bridgehead atoms. The van der Waals surface area contributed by atoms with E-state index in [1.807, 2.05) is 19.0 Å². The number of carbonyl (C=O) groups excluding carboxylic acids is 2. The van der Waals surface area contributed by atoms with Crippen LogP contribution in [0.3, 0.4) is 0 Å². The van der Waals surface area contributed by atoms with E-state index in [1.165, 1.54) is 4.90 Å². The fourth-order valence-corrected chi connectivity index (χ4v) is 4.51. The molecule has 1 unspecified atom stereocenters. The number of hydrogen-bond donors (Lipinski definition) is 1. The van der Waals surface area contributed by atoms with Crippen molar-refractivity contribution < 1.29 is 18.0 Å². The van der Waals surface area contributed by atoms with Gasteiger partial charge in [-0.25, -0.2) is 8.42 Å². The highest BCUT2D eigenvalue weighted by Crippen LogP contribution is 2.19. The number of hydrogen-bond acceptors (Lipinski definition) is 5. The van der Waals surface area contributed by atoms with Crippen LogP contribution in [0.15, 0.2) is 24.3 Å². The van der Waals surface area contributed by atoms with Crippen LogP contribution in [0.2, 0.25) is 0 Å². The van der Waals surface area contributed by atoms with Crippen LogP contribution in [0.25, 0.3) is 0 Å². The Kier molecular flexibility index (Phi) is 6.18. The third kappa shape index (κ3) is 5.27. The van der Waals surface area contributed by atoms with Crippen LogP contribution in [0.1, 0.15) is 27.1 Å². The van der Waals surface area contributed by atoms with E-state index in [9.17, 15) is 18.0 Å². The van der Waals surface area contributed by atoms with Crippen LogP contribution in [0, 0.1) is 0 Å². The number of nitrogens with one attached hydrogen (secondary N) is 1. The molecule has 25 heavy (non-hydrogen) atoms. The molecule has 2 amide bonds. The maximum Gasteiger partial charge on any atom is 0.253 e. The molecule has 0 aliphatic carbocycles. The van der Waals surface area contributed by atoms with Gasteiger partial charge in [0.1, 0.15) is 0 Å². The molecule has 0 radical (unpaired) electrons. The minimum Gasteiger partial charge on any atom is -0.351 e. The lowest BCUT2D eigenvalue weighted by Gasteiger charge is -2.23. The number of benzene rings is 1. The lowest BCUT2D eigenvalue weighted by atomic mass is 10.1. The normalized spacial score (nSPS) is 19.0. The monoisotopic (exact) mass is 367 g/mol. The maximum atomic E-state index is 12.6. The Hall–Kier alpha value is -1.93. The first-order chi connectivity index (χ1) is 11.7. The van der Waals surface area contributed by atoms with Crippen LogP contribution in [0.4, 0.5) is 0 Å². The molecule has 138 valence electrons. The Morgan fingerprint density at radius 2 is 1.88 bits per heavy atom. The van der Waals surface area contributed by atoms with Crippen molar-refractivity contribution in [1.82, 2.24) is 15.1 Å². The fourth-order valence-electron chi connectivity index (χ4n) is 2.74. The second kappa shape index (κ2) is 7.97. The van der Waals surface area contributed by atoms with E-state index in [-0.39, 0.29) is 29.4 Å². The number of sulfone groups is 1. The molecule has 1 heterocycles. The van der Waals surface area contributed by atoms with Crippen LogP contribution < -0.4 is 5.32 Å². The van der Waals surface area contributed by atoms with Gasteiger partial charge in [-0.3, -0.25) is 9.59 Å². The van der Waals surface area contributed by atoms with Crippen LogP contribution in [0.5, 0.6) is 0 Å². The zero-order chi connectivity index (χ0) is 18.6. The first-order valence-corrected chi connectivity index (χ1v) is 10.0. The Bertz CT molecular complexity index is 746. The van der Waals surface area contributed by atoms with E-state index >= 15 is 0 Å². The quantitative estimate of drug-likeness (QED) is 0.778. The third-order valence-corrected chi connectivity index (χ3v) is 6.04. The lowest BCUT2D eigenvalue weighted by Crippen LogP contribution is -2.38. The van der Waals surface area contributed by atoms with E-state index < -0.39 is 9.84 Å². The highest BCUT2D eigenvalue weighted by molar-refractivity contribution is 7.91. The number of likely N-dealkylation sites (N-methyl/N-ethyl adjacent to an activating group) is 1. The summed E-state index contributed by atoms with van der Waals surface area (Å²) in [7, 11) is 2.39. The van der Waals surface area contributed by atoms with Gasteiger partial charge in [-0.1, -0.05) is 6.07 Å². The molecule has 1 fully saturated rings. The van der Waals surface area contributed by atoms with Gasteiger partial charge in [0.15, 0.2) is 9.84 Å². The van der Waals surface area contributed by atoms with E-state index in [0.29, 0.717) is 24.1 Å². The van der Waals surface area contributed by atoms with Gasteiger partial charge in [-0.05, 0) is 38.7 Å². The SMILES string of the molecule is CN(C)CCNC(=O)c1cccc(C(=O)N(C)C2CCS(=O)(=O)C2)c1. The van der Waals surface area contributed by atoms with Gasteiger partial charge in [-0.15, -0.1) is 0 Å². The lowest BCUT2D eigenvalue weighted by molar-refractivity contribution is 0.0747. The smallest absolute Gasteiger partial charge is 0.253 e. The van der Waals surface area contributed by atoms with E-state index in [2.05, 4.69) is 5.32 Å². The van der Waals surface area contributed by atoms with Crippen molar-refractivity contribution in [2.45, 2.75) is 12.5 Å². The molecule has 0 aromatic heterocycles. The zero-order valence-electron chi connectivity index (χ0n) is 14.9. The summed E-state index contributed by atoms with van der Waals surface area (Å²) in [4.78, 5) is 28.2. The van der Waals surface area contributed by atoms with E-state index in [0.717, 1.165) is 6.54 Å². The van der Waals surface area contributed by atoms with Crippen molar-refractivity contribution in [3.8, 4) is 0 Å². The zero-order valence-corrected chi connectivity index (χ0v) is 15.7. The van der Waals surface area contributed by atoms with Crippen LogP contribution in [-0.4, -0.2) is 81.8 Å². The molecule has 0 spiro atoms. The number of rotatable bonds is 6. The summed E-state index contributed by atoms with van der Waals surface area (Å²) in [6.07, 6.45) is 0.454. The van der Waals surface area contributed by atoms with Crippen molar-refractivity contribution in [2.24, 2.45) is 0 Å². The standard InChI is InChI=1S/C17H25N3O4S/c1-19(2)9-8-18-16(21)13-5-4-6-14(11-13)17(22)20(3)15-7-10-25(23,24)12-15/h4-6,11,15H,7-10,12H2,1-3H3,(H,18,21). The minimum atomic E-state index is -3.06. The molecule has 1 saturated heterocycles. The Labute approximate surface area is 148 Å². The average Bonchev–Trinajstić information content (AvgIpc) is 2.93. The van der Waals surface area contributed by atoms with Gasteiger partial charge >= 0.3 is 0 Å². The predicted molar refractivity (Wildman–Crippen MR) is 96.5 cm³/mol. The molecule has 1 aromatic carbocycles. The molecule has 7 nitrogen and oxygen atoms in total. The minimum absolute atomic E-state index is 0.0000473. The second-order valence-electron chi connectivity index (χ2n) is 6.61. The predicted octanol–water partition coefficient (Wildman–Crippen LogP) is 0.237. The molecule has 1 N–H and O–H groups in total. The Morgan fingerprint density at radius 1 is 1.20 bits per heavy atom. The third-order valence-electron chi connectivity index (χ3n) is 4.29. The summed E-state index contributed by atoms with van der Waals surface area (Å²) in [6, 6.07) is 6.19. The van der Waals surface area contributed by atoms with Crippen molar-refractivity contribution >= 4 is 21.7 Å². The van der Waals surface area contributed by atoms with Gasteiger partial charge in [-0.2, -0.15) is 0 Å². The first-order valence-electron chi connectivity index (χ1n) is 8.20.